The van der Waals surface area contributed by atoms with E-state index in [0.717, 1.165) is 18.5 Å². The quantitative estimate of drug-likeness (QED) is 0.410. The fraction of sp³-hybridized carbons (Fsp3) is 0.357. The maximum atomic E-state index is 13.8. The highest BCUT2D eigenvalue weighted by molar-refractivity contribution is 6.15. The van der Waals surface area contributed by atoms with E-state index in [-0.39, 0.29) is 17.9 Å². The zero-order valence-electron chi connectivity index (χ0n) is 21.6. The van der Waals surface area contributed by atoms with Crippen molar-refractivity contribution in [1.29, 1.82) is 0 Å². The summed E-state index contributed by atoms with van der Waals surface area (Å²) in [5, 5.41) is 14.1. The molecular weight excluding hydrogens is 492 g/mol. The van der Waals surface area contributed by atoms with E-state index in [0.29, 0.717) is 48.2 Å². The standard InChI is InChI=1S/C28H30N2O8/c1-34-21-15-18(16-22(35-2)27(21)36-3)24-23(25(31)20-14-17-6-4-5-7-19(17)38-20)26(32)28(33)30(24)9-8-29-10-12-37-13-11-29/h4-7,14-16,24,32H,8-13H2,1-3H3. The zero-order valence-corrected chi connectivity index (χ0v) is 21.6. The van der Waals surface area contributed by atoms with Crippen LogP contribution in [0.4, 0.5) is 0 Å². The first-order valence-corrected chi connectivity index (χ1v) is 12.4. The van der Waals surface area contributed by atoms with E-state index in [4.69, 9.17) is 23.4 Å². The average molecular weight is 523 g/mol. The number of furan rings is 1. The Morgan fingerprint density at radius 3 is 2.37 bits per heavy atom. The van der Waals surface area contributed by atoms with Crippen LogP contribution in [0.15, 0.2) is 58.2 Å². The molecule has 1 fully saturated rings. The molecule has 2 aliphatic rings. The molecule has 200 valence electrons. The van der Waals surface area contributed by atoms with Crippen molar-refractivity contribution in [2.45, 2.75) is 6.04 Å². The Kier molecular flexibility index (Phi) is 7.26. The second-order valence-electron chi connectivity index (χ2n) is 9.19. The summed E-state index contributed by atoms with van der Waals surface area (Å²) in [6.07, 6.45) is 0. The largest absolute Gasteiger partial charge is 0.868 e. The second kappa shape index (κ2) is 10.8. The highest BCUT2D eigenvalue weighted by Crippen LogP contribution is 2.45. The monoisotopic (exact) mass is 522 g/mol. The molecule has 0 saturated carbocycles. The third-order valence-electron chi connectivity index (χ3n) is 7.09. The number of hydrogen-bond acceptors (Lipinski definition) is 8. The smallest absolute Gasteiger partial charge is 0.240 e. The number of methoxy groups -OCH3 is 3. The molecule has 0 spiro atoms. The van der Waals surface area contributed by atoms with E-state index in [1.54, 1.807) is 30.3 Å². The molecule has 10 nitrogen and oxygen atoms in total. The fourth-order valence-corrected chi connectivity index (χ4v) is 5.12. The molecule has 1 atom stereocenters. The van der Waals surface area contributed by atoms with Crippen molar-refractivity contribution in [2.24, 2.45) is 0 Å². The number of hydrogen-bond donors (Lipinski definition) is 1. The number of para-hydroxylation sites is 1. The minimum Gasteiger partial charge on any atom is -0.868 e. The molecule has 2 aliphatic heterocycles. The Balaban J connectivity index is 1.58. The molecule has 0 bridgehead atoms. The van der Waals surface area contributed by atoms with Gasteiger partial charge in [0.25, 0.3) is 0 Å². The number of ketones is 1. The van der Waals surface area contributed by atoms with Crippen molar-refractivity contribution >= 4 is 22.7 Å². The maximum absolute atomic E-state index is 13.8. The number of Topliss-reactive ketones (excluding diaryl/α,β-unsaturated/α-hetero) is 1. The third kappa shape index (κ3) is 4.57. The third-order valence-corrected chi connectivity index (χ3v) is 7.09. The Labute approximate surface area is 219 Å². The van der Waals surface area contributed by atoms with E-state index in [1.807, 2.05) is 12.1 Å². The molecule has 1 saturated heterocycles. The summed E-state index contributed by atoms with van der Waals surface area (Å²) < 4.78 is 27.7. The van der Waals surface area contributed by atoms with Crippen LogP contribution in [0.3, 0.4) is 0 Å². The first-order chi connectivity index (χ1) is 18.5. The van der Waals surface area contributed by atoms with E-state index < -0.39 is 23.5 Å². The van der Waals surface area contributed by atoms with Gasteiger partial charge >= 0.3 is 0 Å². The number of quaternary nitrogens is 1. The highest BCUT2D eigenvalue weighted by atomic mass is 16.5. The Morgan fingerprint density at radius 2 is 1.74 bits per heavy atom. The lowest BCUT2D eigenvalue weighted by atomic mass is 9.94. The van der Waals surface area contributed by atoms with Crippen LogP contribution in [-0.2, 0) is 9.53 Å². The van der Waals surface area contributed by atoms with Crippen LogP contribution in [0.5, 0.6) is 17.2 Å². The molecule has 5 rings (SSSR count). The number of carbonyl (C=O) groups is 2. The van der Waals surface area contributed by atoms with Crippen LogP contribution >= 0.6 is 0 Å². The van der Waals surface area contributed by atoms with Crippen LogP contribution in [-0.4, -0.2) is 77.3 Å². The number of amides is 1. The van der Waals surface area contributed by atoms with Gasteiger partial charge in [-0.3, -0.25) is 9.59 Å². The van der Waals surface area contributed by atoms with Gasteiger partial charge in [0.1, 0.15) is 18.7 Å². The molecule has 1 aromatic heterocycles. The Bertz CT molecular complexity index is 1330. The Morgan fingerprint density at radius 1 is 1.05 bits per heavy atom. The molecule has 3 heterocycles. The van der Waals surface area contributed by atoms with Crippen molar-refractivity contribution < 1.29 is 43.0 Å². The number of nitrogens with zero attached hydrogens (tertiary/aromatic N) is 1. The van der Waals surface area contributed by atoms with E-state index in [1.165, 1.54) is 31.1 Å². The summed E-state index contributed by atoms with van der Waals surface area (Å²) in [7, 11) is 4.45. The predicted molar refractivity (Wildman–Crippen MR) is 135 cm³/mol. The molecule has 1 amide bonds. The van der Waals surface area contributed by atoms with E-state index in [2.05, 4.69) is 0 Å². The summed E-state index contributed by atoms with van der Waals surface area (Å²) >= 11 is 0. The van der Waals surface area contributed by atoms with Crippen LogP contribution in [0, 0.1) is 0 Å². The number of ether oxygens (including phenoxy) is 4. The van der Waals surface area contributed by atoms with E-state index >= 15 is 0 Å². The van der Waals surface area contributed by atoms with Crippen molar-refractivity contribution in [3.63, 3.8) is 0 Å². The summed E-state index contributed by atoms with van der Waals surface area (Å²) in [6.45, 7) is 3.77. The molecule has 1 N–H and O–H groups in total. The minimum absolute atomic E-state index is 0.000413. The number of carbonyl (C=O) groups excluding carboxylic acids is 2. The average Bonchev–Trinajstić information content (AvgIpc) is 3.50. The van der Waals surface area contributed by atoms with Crippen LogP contribution in [0.2, 0.25) is 0 Å². The molecule has 38 heavy (non-hydrogen) atoms. The molecule has 10 heteroatoms. The minimum atomic E-state index is -0.954. The van der Waals surface area contributed by atoms with Gasteiger partial charge < -0.3 is 38.3 Å². The predicted octanol–water partition coefficient (Wildman–Crippen LogP) is 0.754. The molecule has 0 aliphatic carbocycles. The van der Waals surface area contributed by atoms with Gasteiger partial charge in [-0.15, -0.1) is 0 Å². The first kappa shape index (κ1) is 25.6. The molecule has 0 radical (unpaired) electrons. The van der Waals surface area contributed by atoms with Crippen molar-refractivity contribution in [3.8, 4) is 17.2 Å². The van der Waals surface area contributed by atoms with Crippen LogP contribution in [0.25, 0.3) is 11.0 Å². The lowest BCUT2D eigenvalue weighted by Gasteiger charge is -2.31. The SMILES string of the molecule is COc1cc(C2C(C(=O)c3cc4ccccc4o3)=C([O-])C(=O)N2CC[NH+]2CCOCC2)cc(OC)c1OC. The lowest BCUT2D eigenvalue weighted by molar-refractivity contribution is -0.907. The topological polar surface area (TPSA) is 115 Å². The van der Waals surface area contributed by atoms with Gasteiger partial charge in [0.05, 0.1) is 53.7 Å². The van der Waals surface area contributed by atoms with Crippen molar-refractivity contribution in [3.05, 3.63) is 65.1 Å². The fourth-order valence-electron chi connectivity index (χ4n) is 5.12. The van der Waals surface area contributed by atoms with E-state index in [9.17, 15) is 14.7 Å². The van der Waals surface area contributed by atoms with Gasteiger partial charge in [0.2, 0.25) is 17.4 Å². The molecule has 3 aromatic rings. The van der Waals surface area contributed by atoms with Gasteiger partial charge in [-0.05, 0) is 35.6 Å². The van der Waals surface area contributed by atoms with Crippen molar-refractivity contribution in [2.75, 3.05) is 60.7 Å². The normalized spacial score (nSPS) is 18.3. The van der Waals surface area contributed by atoms with Gasteiger partial charge in [-0.2, -0.15) is 0 Å². The van der Waals surface area contributed by atoms with Gasteiger partial charge in [-0.1, -0.05) is 18.2 Å². The maximum Gasteiger partial charge on any atom is 0.240 e. The van der Waals surface area contributed by atoms with Gasteiger partial charge in [-0.25, -0.2) is 0 Å². The van der Waals surface area contributed by atoms with Crippen LogP contribution in [0.1, 0.15) is 22.2 Å². The molecule has 1 unspecified atom stereocenters. The number of benzene rings is 2. The van der Waals surface area contributed by atoms with Crippen LogP contribution < -0.4 is 24.2 Å². The zero-order chi connectivity index (χ0) is 26.8. The van der Waals surface area contributed by atoms with Gasteiger partial charge in [0.15, 0.2) is 17.3 Å². The highest BCUT2D eigenvalue weighted by Gasteiger charge is 2.41. The first-order valence-electron chi connectivity index (χ1n) is 12.4. The van der Waals surface area contributed by atoms with Crippen molar-refractivity contribution in [1.82, 2.24) is 4.90 Å². The summed E-state index contributed by atoms with van der Waals surface area (Å²) in [4.78, 5) is 29.9. The molecule has 2 aromatic carbocycles. The summed E-state index contributed by atoms with van der Waals surface area (Å²) in [6, 6.07) is 11.2. The molecular formula is C28H30N2O8. The second-order valence-corrected chi connectivity index (χ2v) is 9.19. The number of morpholine rings is 1. The Hall–Kier alpha value is -4.02. The summed E-state index contributed by atoms with van der Waals surface area (Å²) in [5.41, 5.74) is 0.848. The number of rotatable bonds is 9. The number of fused-ring (bicyclic) bond motifs is 1. The number of nitrogens with one attached hydrogen (secondary N) is 1. The lowest BCUT2D eigenvalue weighted by Crippen LogP contribution is -3.14. The van der Waals surface area contributed by atoms with Gasteiger partial charge in [0, 0.05) is 11.0 Å². The summed E-state index contributed by atoms with van der Waals surface area (Å²) in [5.74, 6) is -1.13.